The Morgan fingerprint density at radius 1 is 0.880 bits per heavy atom. The van der Waals surface area contributed by atoms with Crippen LogP contribution in [-0.4, -0.2) is 19.0 Å². The number of ether oxygens (including phenoxy) is 2. The third kappa shape index (κ3) is 4.52. The van der Waals surface area contributed by atoms with Crippen molar-refractivity contribution in [2.45, 2.75) is 6.42 Å². The van der Waals surface area contributed by atoms with Gasteiger partial charge in [-0.2, -0.15) is 0 Å². The molecule has 0 N–H and O–H groups in total. The molecule has 25 heavy (non-hydrogen) atoms. The Kier molecular flexibility index (Phi) is 6.83. The highest BCUT2D eigenvalue weighted by Crippen LogP contribution is 2.35. The van der Waals surface area contributed by atoms with Crippen LogP contribution in [0.15, 0.2) is 24.3 Å². The highest BCUT2D eigenvalue weighted by Gasteiger charge is 2.24. The summed E-state index contributed by atoms with van der Waals surface area (Å²) in [4.78, 5) is 24.4. The number of rotatable bonds is 4. The SMILES string of the molecule is COc1c(Cl)ccc(Cl)c1C(=O)OC(=O)Cc1c(Cl)ccc(Cl)c1Cl. The summed E-state index contributed by atoms with van der Waals surface area (Å²) in [5, 5.41) is 0.721. The molecule has 132 valence electrons. The number of benzene rings is 2. The summed E-state index contributed by atoms with van der Waals surface area (Å²) in [5.41, 5.74) is 0.0890. The first-order valence-corrected chi connectivity index (χ1v) is 8.54. The van der Waals surface area contributed by atoms with Gasteiger partial charge in [-0.1, -0.05) is 58.0 Å². The van der Waals surface area contributed by atoms with E-state index in [1.165, 1.54) is 31.4 Å². The van der Waals surface area contributed by atoms with E-state index >= 15 is 0 Å². The highest BCUT2D eigenvalue weighted by molar-refractivity contribution is 6.44. The first kappa shape index (κ1) is 20.1. The number of hydrogen-bond donors (Lipinski definition) is 0. The van der Waals surface area contributed by atoms with Gasteiger partial charge in [0, 0.05) is 10.6 Å². The maximum absolute atomic E-state index is 12.3. The maximum Gasteiger partial charge on any atom is 0.351 e. The quantitative estimate of drug-likeness (QED) is 0.337. The van der Waals surface area contributed by atoms with Gasteiger partial charge in [-0.3, -0.25) is 4.79 Å². The van der Waals surface area contributed by atoms with E-state index in [1.807, 2.05) is 0 Å². The molecule has 0 radical (unpaired) electrons. The topological polar surface area (TPSA) is 52.6 Å². The molecule has 0 atom stereocenters. The lowest BCUT2D eigenvalue weighted by atomic mass is 10.1. The number of carbonyl (C=O) groups excluding carboxylic acids is 2. The molecule has 0 saturated heterocycles. The summed E-state index contributed by atoms with van der Waals surface area (Å²) in [6.45, 7) is 0. The predicted octanol–water partition coefficient (Wildman–Crippen LogP) is 5.89. The number of methoxy groups -OCH3 is 1. The minimum absolute atomic E-state index is 0.00536. The lowest BCUT2D eigenvalue weighted by molar-refractivity contribution is -0.137. The summed E-state index contributed by atoms with van der Waals surface area (Å²) < 4.78 is 9.85. The monoisotopic (exact) mass is 440 g/mol. The fourth-order valence-electron chi connectivity index (χ4n) is 1.99. The van der Waals surface area contributed by atoms with Crippen molar-refractivity contribution in [2.75, 3.05) is 7.11 Å². The molecule has 0 bridgehead atoms. The van der Waals surface area contributed by atoms with E-state index in [9.17, 15) is 9.59 Å². The zero-order valence-electron chi connectivity index (χ0n) is 12.5. The molecule has 0 amide bonds. The lowest BCUT2D eigenvalue weighted by Gasteiger charge is -2.12. The van der Waals surface area contributed by atoms with E-state index in [0.29, 0.717) is 0 Å². The van der Waals surface area contributed by atoms with Crippen LogP contribution in [0.1, 0.15) is 15.9 Å². The lowest BCUT2D eigenvalue weighted by Crippen LogP contribution is -2.16. The van der Waals surface area contributed by atoms with Gasteiger partial charge >= 0.3 is 11.9 Å². The van der Waals surface area contributed by atoms with Crippen molar-refractivity contribution in [1.82, 2.24) is 0 Å². The number of hydrogen-bond acceptors (Lipinski definition) is 4. The molecule has 4 nitrogen and oxygen atoms in total. The van der Waals surface area contributed by atoms with Gasteiger partial charge in [0.25, 0.3) is 0 Å². The second-order valence-electron chi connectivity index (χ2n) is 4.70. The zero-order chi connectivity index (χ0) is 18.7. The Morgan fingerprint density at radius 2 is 1.44 bits per heavy atom. The molecule has 2 aromatic carbocycles. The van der Waals surface area contributed by atoms with Crippen molar-refractivity contribution in [3.05, 3.63) is 60.5 Å². The number of halogens is 5. The summed E-state index contributed by atoms with van der Waals surface area (Å²) >= 11 is 29.8. The Hall–Kier alpha value is -1.17. The number of carbonyl (C=O) groups is 2. The van der Waals surface area contributed by atoms with E-state index in [2.05, 4.69) is 0 Å². The third-order valence-electron chi connectivity index (χ3n) is 3.13. The average molecular weight is 443 g/mol. The Morgan fingerprint density at radius 3 is 2.08 bits per heavy atom. The van der Waals surface area contributed by atoms with Gasteiger partial charge in [-0.05, 0) is 24.3 Å². The summed E-state index contributed by atoms with van der Waals surface area (Å²) in [5.74, 6) is -1.90. The van der Waals surface area contributed by atoms with E-state index in [4.69, 9.17) is 67.5 Å². The number of esters is 2. The molecule has 0 unspecified atom stereocenters. The molecule has 0 aromatic heterocycles. The molecule has 0 heterocycles. The predicted molar refractivity (Wildman–Crippen MR) is 98.6 cm³/mol. The van der Waals surface area contributed by atoms with Crippen molar-refractivity contribution in [3.63, 3.8) is 0 Å². The fourth-order valence-corrected chi connectivity index (χ4v) is 3.13. The summed E-state index contributed by atoms with van der Waals surface area (Å²) in [7, 11) is 1.31. The average Bonchev–Trinajstić information content (AvgIpc) is 2.56. The van der Waals surface area contributed by atoms with Crippen molar-refractivity contribution in [3.8, 4) is 5.75 Å². The molecule has 0 spiro atoms. The van der Waals surface area contributed by atoms with Gasteiger partial charge in [0.05, 0.1) is 33.6 Å². The van der Waals surface area contributed by atoms with Crippen LogP contribution in [0.2, 0.25) is 25.1 Å². The van der Waals surface area contributed by atoms with Crippen molar-refractivity contribution >= 4 is 69.9 Å². The molecule has 2 aromatic rings. The van der Waals surface area contributed by atoms with Crippen LogP contribution in [0.4, 0.5) is 0 Å². The summed E-state index contributed by atoms with van der Waals surface area (Å²) in [6, 6.07) is 5.81. The normalized spacial score (nSPS) is 10.5. The Bertz CT molecular complexity index is 851. The second-order valence-corrected chi connectivity index (χ2v) is 6.70. The standard InChI is InChI=1S/C16H9Cl5O4/c1-24-15-11(20)5-3-9(18)13(15)16(23)25-12(22)6-7-8(17)2-4-10(19)14(7)21/h2-5H,6H2,1H3. The molecule has 0 fully saturated rings. The molecule has 2 rings (SSSR count). The van der Waals surface area contributed by atoms with E-state index in [-0.39, 0.29) is 48.4 Å². The summed E-state index contributed by atoms with van der Waals surface area (Å²) in [6.07, 6.45) is -0.357. The second kappa shape index (κ2) is 8.47. The van der Waals surface area contributed by atoms with Crippen LogP contribution in [-0.2, 0) is 16.0 Å². The van der Waals surface area contributed by atoms with Crippen molar-refractivity contribution in [2.24, 2.45) is 0 Å². The van der Waals surface area contributed by atoms with Crippen molar-refractivity contribution in [1.29, 1.82) is 0 Å². The van der Waals surface area contributed by atoms with Crippen LogP contribution < -0.4 is 4.74 Å². The molecule has 0 aliphatic carbocycles. The van der Waals surface area contributed by atoms with E-state index in [1.54, 1.807) is 0 Å². The van der Waals surface area contributed by atoms with Crippen LogP contribution in [0, 0.1) is 0 Å². The fraction of sp³-hybridized carbons (Fsp3) is 0.125. The Labute approximate surface area is 168 Å². The minimum atomic E-state index is -1.01. The van der Waals surface area contributed by atoms with E-state index < -0.39 is 11.9 Å². The van der Waals surface area contributed by atoms with Crippen molar-refractivity contribution < 1.29 is 19.1 Å². The largest absolute Gasteiger partial charge is 0.494 e. The van der Waals surface area contributed by atoms with Gasteiger partial charge in [-0.15, -0.1) is 0 Å². The van der Waals surface area contributed by atoms with Gasteiger partial charge in [0.1, 0.15) is 5.56 Å². The minimum Gasteiger partial charge on any atom is -0.494 e. The van der Waals surface area contributed by atoms with Crippen LogP contribution >= 0.6 is 58.0 Å². The third-order valence-corrected chi connectivity index (χ3v) is 4.94. The molecule has 0 aliphatic heterocycles. The van der Waals surface area contributed by atoms with Gasteiger partial charge in [-0.25, -0.2) is 4.79 Å². The van der Waals surface area contributed by atoms with Gasteiger partial charge in [0.2, 0.25) is 0 Å². The van der Waals surface area contributed by atoms with Gasteiger partial charge in [0.15, 0.2) is 5.75 Å². The maximum atomic E-state index is 12.3. The molecular formula is C16H9Cl5O4. The van der Waals surface area contributed by atoms with Crippen LogP contribution in [0.3, 0.4) is 0 Å². The highest BCUT2D eigenvalue weighted by atomic mass is 35.5. The van der Waals surface area contributed by atoms with E-state index in [0.717, 1.165) is 0 Å². The molecular weight excluding hydrogens is 433 g/mol. The molecule has 0 aliphatic rings. The van der Waals surface area contributed by atoms with Gasteiger partial charge < -0.3 is 9.47 Å². The Balaban J connectivity index is 2.24. The first-order chi connectivity index (χ1) is 11.8. The molecule has 9 heteroatoms. The first-order valence-electron chi connectivity index (χ1n) is 6.65. The zero-order valence-corrected chi connectivity index (χ0v) is 16.3. The van der Waals surface area contributed by atoms with Crippen LogP contribution in [0.25, 0.3) is 0 Å². The van der Waals surface area contributed by atoms with Crippen LogP contribution in [0.5, 0.6) is 5.75 Å². The smallest absolute Gasteiger partial charge is 0.351 e. The molecule has 0 saturated carbocycles.